The molecule has 0 amide bonds. The molecule has 0 bridgehead atoms. The number of benzene rings is 1. The first-order valence-corrected chi connectivity index (χ1v) is 5.40. The molecule has 1 atom stereocenters. The van der Waals surface area contributed by atoms with Crippen molar-refractivity contribution in [3.05, 3.63) is 35.6 Å². The van der Waals surface area contributed by atoms with E-state index in [-0.39, 0.29) is 11.4 Å². The van der Waals surface area contributed by atoms with E-state index in [0.717, 1.165) is 12.0 Å². The van der Waals surface area contributed by atoms with Crippen LogP contribution in [0, 0.1) is 5.82 Å². The van der Waals surface area contributed by atoms with Crippen molar-refractivity contribution < 1.29 is 4.39 Å². The van der Waals surface area contributed by atoms with E-state index in [2.05, 4.69) is 11.9 Å². The van der Waals surface area contributed by atoms with Crippen LogP contribution in [0.15, 0.2) is 29.3 Å². The summed E-state index contributed by atoms with van der Waals surface area (Å²) in [5.74, 6) is 0.329. The van der Waals surface area contributed by atoms with Crippen molar-refractivity contribution in [2.75, 3.05) is 13.6 Å². The summed E-state index contributed by atoms with van der Waals surface area (Å²) in [6.07, 6.45) is 0.888. The van der Waals surface area contributed by atoms with Crippen molar-refractivity contribution >= 4 is 5.96 Å². The zero-order valence-corrected chi connectivity index (χ0v) is 9.57. The number of aliphatic imine (C=N–C) groups is 1. The SMILES string of the molecule is CCC1(c2ccc(F)cc2)CN=C(N)N1C. The van der Waals surface area contributed by atoms with Gasteiger partial charge >= 0.3 is 0 Å². The fourth-order valence-electron chi connectivity index (χ4n) is 2.24. The van der Waals surface area contributed by atoms with Crippen LogP contribution in [-0.4, -0.2) is 24.5 Å². The first-order chi connectivity index (χ1) is 7.60. The fourth-order valence-corrected chi connectivity index (χ4v) is 2.24. The summed E-state index contributed by atoms with van der Waals surface area (Å²) in [7, 11) is 1.93. The van der Waals surface area contributed by atoms with Crippen LogP contribution >= 0.6 is 0 Å². The molecule has 2 rings (SSSR count). The maximum Gasteiger partial charge on any atom is 0.191 e. The Morgan fingerprint density at radius 2 is 2.06 bits per heavy atom. The van der Waals surface area contributed by atoms with Crippen LogP contribution in [-0.2, 0) is 5.54 Å². The zero-order valence-electron chi connectivity index (χ0n) is 9.57. The molecule has 4 heteroatoms. The molecule has 0 aliphatic carbocycles. The zero-order chi connectivity index (χ0) is 11.8. The molecule has 1 aliphatic rings. The highest BCUT2D eigenvalue weighted by Gasteiger charge is 2.39. The molecule has 0 aromatic heterocycles. The lowest BCUT2D eigenvalue weighted by Gasteiger charge is -2.36. The van der Waals surface area contributed by atoms with Gasteiger partial charge in [0.2, 0.25) is 0 Å². The Hall–Kier alpha value is -1.58. The molecule has 16 heavy (non-hydrogen) atoms. The predicted molar refractivity (Wildman–Crippen MR) is 62.6 cm³/mol. The third kappa shape index (κ3) is 1.45. The second-order valence-corrected chi connectivity index (χ2v) is 4.13. The van der Waals surface area contributed by atoms with Gasteiger partial charge in [-0.05, 0) is 24.1 Å². The Balaban J connectivity index is 2.40. The lowest BCUT2D eigenvalue weighted by atomic mass is 9.87. The third-order valence-corrected chi connectivity index (χ3v) is 3.45. The molecule has 86 valence electrons. The number of hydrogen-bond donors (Lipinski definition) is 1. The lowest BCUT2D eigenvalue weighted by molar-refractivity contribution is 0.230. The van der Waals surface area contributed by atoms with Gasteiger partial charge < -0.3 is 10.6 Å². The van der Waals surface area contributed by atoms with E-state index in [9.17, 15) is 4.39 Å². The van der Waals surface area contributed by atoms with Gasteiger partial charge in [-0.3, -0.25) is 4.99 Å². The number of halogens is 1. The number of nitrogens with two attached hydrogens (primary N) is 1. The summed E-state index contributed by atoms with van der Waals surface area (Å²) >= 11 is 0. The monoisotopic (exact) mass is 221 g/mol. The number of likely N-dealkylation sites (N-methyl/N-ethyl adjacent to an activating group) is 1. The Morgan fingerprint density at radius 1 is 1.44 bits per heavy atom. The molecule has 0 saturated heterocycles. The van der Waals surface area contributed by atoms with Crippen LogP contribution in [0.2, 0.25) is 0 Å². The third-order valence-electron chi connectivity index (χ3n) is 3.45. The Bertz CT molecular complexity index is 413. The van der Waals surface area contributed by atoms with Gasteiger partial charge in [0.25, 0.3) is 0 Å². The van der Waals surface area contributed by atoms with Gasteiger partial charge in [0.1, 0.15) is 5.82 Å². The van der Waals surface area contributed by atoms with E-state index in [1.165, 1.54) is 12.1 Å². The molecule has 0 fully saturated rings. The quantitative estimate of drug-likeness (QED) is 0.825. The van der Waals surface area contributed by atoms with Crippen molar-refractivity contribution in [1.29, 1.82) is 0 Å². The molecule has 1 aliphatic heterocycles. The second-order valence-electron chi connectivity index (χ2n) is 4.13. The summed E-state index contributed by atoms with van der Waals surface area (Å²) in [6, 6.07) is 6.58. The highest BCUT2D eigenvalue weighted by atomic mass is 19.1. The molecule has 1 aromatic carbocycles. The van der Waals surface area contributed by atoms with Crippen LogP contribution in [0.4, 0.5) is 4.39 Å². The van der Waals surface area contributed by atoms with Crippen molar-refractivity contribution in [3.8, 4) is 0 Å². The van der Waals surface area contributed by atoms with Crippen LogP contribution in [0.1, 0.15) is 18.9 Å². The number of nitrogens with zero attached hydrogens (tertiary/aromatic N) is 2. The van der Waals surface area contributed by atoms with Gasteiger partial charge in [-0.15, -0.1) is 0 Å². The summed E-state index contributed by atoms with van der Waals surface area (Å²) in [6.45, 7) is 2.73. The smallest absolute Gasteiger partial charge is 0.191 e. The maximum absolute atomic E-state index is 12.9. The van der Waals surface area contributed by atoms with Crippen LogP contribution < -0.4 is 5.73 Å². The van der Waals surface area contributed by atoms with Crippen molar-refractivity contribution in [3.63, 3.8) is 0 Å². The van der Waals surface area contributed by atoms with Gasteiger partial charge in [-0.2, -0.15) is 0 Å². The molecule has 1 heterocycles. The molecule has 0 spiro atoms. The van der Waals surface area contributed by atoms with E-state index in [1.807, 2.05) is 24.1 Å². The Kier molecular flexibility index (Phi) is 2.58. The number of hydrogen-bond acceptors (Lipinski definition) is 3. The standard InChI is InChI=1S/C12H16FN3/c1-3-12(8-15-11(14)16(12)2)9-4-6-10(13)7-5-9/h4-7H,3,8H2,1-2H3,(H2,14,15). The fraction of sp³-hybridized carbons (Fsp3) is 0.417. The van der Waals surface area contributed by atoms with E-state index >= 15 is 0 Å². The summed E-state index contributed by atoms with van der Waals surface area (Å²) in [4.78, 5) is 6.24. The van der Waals surface area contributed by atoms with E-state index in [4.69, 9.17) is 5.73 Å². The lowest BCUT2D eigenvalue weighted by Crippen LogP contribution is -2.46. The van der Waals surface area contributed by atoms with Crippen molar-refractivity contribution in [1.82, 2.24) is 4.90 Å². The summed E-state index contributed by atoms with van der Waals surface area (Å²) in [5.41, 5.74) is 6.65. The predicted octanol–water partition coefficient (Wildman–Crippen LogP) is 1.69. The molecular formula is C12H16FN3. The van der Waals surface area contributed by atoms with Crippen LogP contribution in [0.5, 0.6) is 0 Å². The first kappa shape index (κ1) is 10.9. The van der Waals surface area contributed by atoms with Crippen LogP contribution in [0.25, 0.3) is 0 Å². The minimum atomic E-state index is -0.218. The normalized spacial score (nSPS) is 24.7. The topological polar surface area (TPSA) is 41.6 Å². The average Bonchev–Trinajstić information content (AvgIpc) is 2.59. The molecule has 0 radical (unpaired) electrons. The van der Waals surface area contributed by atoms with E-state index in [0.29, 0.717) is 12.5 Å². The average molecular weight is 221 g/mol. The minimum absolute atomic E-state index is 0.211. The van der Waals surface area contributed by atoms with Crippen molar-refractivity contribution in [2.45, 2.75) is 18.9 Å². The molecule has 1 unspecified atom stereocenters. The second kappa shape index (κ2) is 3.77. The van der Waals surface area contributed by atoms with Crippen LogP contribution in [0.3, 0.4) is 0 Å². The Labute approximate surface area is 94.8 Å². The van der Waals surface area contributed by atoms with Gasteiger partial charge in [0, 0.05) is 7.05 Å². The maximum atomic E-state index is 12.9. The molecule has 1 aromatic rings. The van der Waals surface area contributed by atoms with E-state index < -0.39 is 0 Å². The van der Waals surface area contributed by atoms with Crippen molar-refractivity contribution in [2.24, 2.45) is 10.7 Å². The molecule has 2 N–H and O–H groups in total. The highest BCUT2D eigenvalue weighted by Crippen LogP contribution is 2.34. The largest absolute Gasteiger partial charge is 0.370 e. The van der Waals surface area contributed by atoms with Gasteiger partial charge in [-0.25, -0.2) is 4.39 Å². The first-order valence-electron chi connectivity index (χ1n) is 5.40. The molecule has 3 nitrogen and oxygen atoms in total. The van der Waals surface area contributed by atoms with Gasteiger partial charge in [-0.1, -0.05) is 19.1 Å². The van der Waals surface area contributed by atoms with Gasteiger partial charge in [0.05, 0.1) is 12.1 Å². The van der Waals surface area contributed by atoms with Gasteiger partial charge in [0.15, 0.2) is 5.96 Å². The number of guanidine groups is 1. The van der Waals surface area contributed by atoms with E-state index in [1.54, 1.807) is 0 Å². The minimum Gasteiger partial charge on any atom is -0.370 e. The number of rotatable bonds is 2. The molecule has 0 saturated carbocycles. The highest BCUT2D eigenvalue weighted by molar-refractivity contribution is 5.81. The summed E-state index contributed by atoms with van der Waals surface area (Å²) < 4.78 is 12.9. The Morgan fingerprint density at radius 3 is 2.50 bits per heavy atom. The summed E-state index contributed by atoms with van der Waals surface area (Å²) in [5, 5.41) is 0. The molecular weight excluding hydrogens is 205 g/mol.